The molecule has 4 rings (SSSR count). The second-order valence-corrected chi connectivity index (χ2v) is 7.01. The van der Waals surface area contributed by atoms with Gasteiger partial charge in [0.15, 0.2) is 0 Å². The third-order valence-corrected chi connectivity index (χ3v) is 5.36. The number of thiophene rings is 1. The Morgan fingerprint density at radius 1 is 1.09 bits per heavy atom. The van der Waals surface area contributed by atoms with Gasteiger partial charge in [-0.1, -0.05) is 0 Å². The maximum atomic E-state index is 12.5. The number of piperidine rings is 1. The summed E-state index contributed by atoms with van der Waals surface area (Å²) in [5.74, 6) is 2.10. The van der Waals surface area contributed by atoms with Gasteiger partial charge in [-0.25, -0.2) is 9.97 Å². The number of hydrogen-bond acceptors (Lipinski definition) is 4. The first-order valence-corrected chi connectivity index (χ1v) is 8.89. The summed E-state index contributed by atoms with van der Waals surface area (Å²) in [6.45, 7) is 1.65. The molecule has 1 saturated heterocycles. The van der Waals surface area contributed by atoms with E-state index in [1.807, 2.05) is 4.90 Å². The Balaban J connectivity index is 1.39. The lowest BCUT2D eigenvalue weighted by atomic mass is 9.91. The van der Waals surface area contributed by atoms with Crippen LogP contribution in [-0.2, 0) is 0 Å². The van der Waals surface area contributed by atoms with Crippen LogP contribution in [-0.4, -0.2) is 33.9 Å². The molecule has 114 valence electrons. The molecule has 1 saturated carbocycles. The number of likely N-dealkylation sites (tertiary alicyclic amines) is 1. The molecule has 0 aromatic carbocycles. The Hall–Kier alpha value is -1.75. The summed E-state index contributed by atoms with van der Waals surface area (Å²) < 4.78 is 0. The molecule has 0 radical (unpaired) electrons. The van der Waals surface area contributed by atoms with Gasteiger partial charge in [-0.3, -0.25) is 4.79 Å². The van der Waals surface area contributed by atoms with Crippen molar-refractivity contribution in [2.75, 3.05) is 13.1 Å². The fraction of sp³-hybridized carbons (Fsp3) is 0.471. The molecule has 0 unspecified atom stereocenters. The number of rotatable bonds is 3. The molecule has 2 aromatic rings. The number of carbonyl (C=O) groups excluding carboxylic acids is 1. The average Bonchev–Trinajstić information content (AvgIpc) is 3.29. The van der Waals surface area contributed by atoms with Gasteiger partial charge in [-0.2, -0.15) is 11.3 Å². The molecule has 5 heteroatoms. The molecule has 2 aliphatic rings. The molecule has 0 spiro atoms. The van der Waals surface area contributed by atoms with Crippen molar-refractivity contribution in [2.45, 2.75) is 37.5 Å². The molecule has 2 aromatic heterocycles. The summed E-state index contributed by atoms with van der Waals surface area (Å²) >= 11 is 1.75. The van der Waals surface area contributed by atoms with Crippen LogP contribution in [0.1, 0.15) is 59.3 Å². The first kappa shape index (κ1) is 13.9. The molecular weight excluding hydrogens is 294 g/mol. The molecule has 0 atom stereocenters. The summed E-state index contributed by atoms with van der Waals surface area (Å²) in [6, 6.07) is 2.21. The molecule has 1 aliphatic heterocycles. The van der Waals surface area contributed by atoms with Gasteiger partial charge in [0.2, 0.25) is 0 Å². The van der Waals surface area contributed by atoms with Crippen LogP contribution in [0.3, 0.4) is 0 Å². The van der Waals surface area contributed by atoms with E-state index in [2.05, 4.69) is 26.8 Å². The van der Waals surface area contributed by atoms with Crippen LogP contribution in [0.15, 0.2) is 29.2 Å². The van der Waals surface area contributed by atoms with E-state index in [9.17, 15) is 4.79 Å². The van der Waals surface area contributed by atoms with Crippen LogP contribution in [0.4, 0.5) is 0 Å². The van der Waals surface area contributed by atoms with Gasteiger partial charge < -0.3 is 4.90 Å². The molecule has 4 nitrogen and oxygen atoms in total. The van der Waals surface area contributed by atoms with E-state index in [-0.39, 0.29) is 5.91 Å². The van der Waals surface area contributed by atoms with E-state index >= 15 is 0 Å². The minimum atomic E-state index is 0.0751. The summed E-state index contributed by atoms with van der Waals surface area (Å²) in [6.07, 6.45) is 7.86. The van der Waals surface area contributed by atoms with E-state index < -0.39 is 0 Å². The van der Waals surface area contributed by atoms with Gasteiger partial charge in [0.05, 0.1) is 5.56 Å². The van der Waals surface area contributed by atoms with E-state index in [4.69, 9.17) is 0 Å². The Bertz CT molecular complexity index is 641. The minimum absolute atomic E-state index is 0.0751. The van der Waals surface area contributed by atoms with Crippen LogP contribution in [0.5, 0.6) is 0 Å². The SMILES string of the molecule is O=C(c1cnc(C2CC2)nc1)N1CCC(c2ccsc2)CC1. The van der Waals surface area contributed by atoms with Crippen molar-refractivity contribution in [3.05, 3.63) is 46.2 Å². The van der Waals surface area contributed by atoms with Crippen molar-refractivity contribution < 1.29 is 4.79 Å². The molecular formula is C17H19N3OS. The Morgan fingerprint density at radius 2 is 1.82 bits per heavy atom. The van der Waals surface area contributed by atoms with Crippen LogP contribution >= 0.6 is 11.3 Å². The third-order valence-electron chi connectivity index (χ3n) is 4.66. The van der Waals surface area contributed by atoms with Crippen molar-refractivity contribution >= 4 is 17.2 Å². The molecule has 3 heterocycles. The zero-order chi connectivity index (χ0) is 14.9. The monoisotopic (exact) mass is 313 g/mol. The van der Waals surface area contributed by atoms with Crippen molar-refractivity contribution in [1.29, 1.82) is 0 Å². The normalized spacial score (nSPS) is 19.4. The molecule has 1 amide bonds. The Morgan fingerprint density at radius 3 is 2.41 bits per heavy atom. The maximum Gasteiger partial charge on any atom is 0.256 e. The van der Waals surface area contributed by atoms with E-state index in [1.54, 1.807) is 23.7 Å². The number of amides is 1. The fourth-order valence-electron chi connectivity index (χ4n) is 3.11. The summed E-state index contributed by atoms with van der Waals surface area (Å²) in [5.41, 5.74) is 2.05. The minimum Gasteiger partial charge on any atom is -0.339 e. The third kappa shape index (κ3) is 2.77. The van der Waals surface area contributed by atoms with Gasteiger partial charge >= 0.3 is 0 Å². The smallest absolute Gasteiger partial charge is 0.256 e. The predicted octanol–water partition coefficient (Wildman–Crippen LogP) is 3.44. The highest BCUT2D eigenvalue weighted by Gasteiger charge is 2.28. The average molecular weight is 313 g/mol. The van der Waals surface area contributed by atoms with E-state index in [1.165, 1.54) is 18.4 Å². The second-order valence-electron chi connectivity index (χ2n) is 6.23. The summed E-state index contributed by atoms with van der Waals surface area (Å²) in [4.78, 5) is 23.2. The lowest BCUT2D eigenvalue weighted by Gasteiger charge is -2.31. The summed E-state index contributed by atoms with van der Waals surface area (Å²) in [7, 11) is 0. The highest BCUT2D eigenvalue weighted by Crippen LogP contribution is 2.37. The van der Waals surface area contributed by atoms with Crippen molar-refractivity contribution in [2.24, 2.45) is 0 Å². The number of aromatic nitrogens is 2. The maximum absolute atomic E-state index is 12.5. The van der Waals surface area contributed by atoms with Gasteiger partial charge in [0.25, 0.3) is 5.91 Å². The number of carbonyl (C=O) groups is 1. The quantitative estimate of drug-likeness (QED) is 0.872. The number of nitrogens with zero attached hydrogens (tertiary/aromatic N) is 3. The van der Waals surface area contributed by atoms with Crippen molar-refractivity contribution in [3.8, 4) is 0 Å². The zero-order valence-corrected chi connectivity index (χ0v) is 13.3. The first-order valence-electron chi connectivity index (χ1n) is 7.94. The topological polar surface area (TPSA) is 46.1 Å². The highest BCUT2D eigenvalue weighted by atomic mass is 32.1. The predicted molar refractivity (Wildman–Crippen MR) is 86.2 cm³/mol. The summed E-state index contributed by atoms with van der Waals surface area (Å²) in [5, 5.41) is 4.36. The van der Waals surface area contributed by atoms with E-state index in [0.29, 0.717) is 17.4 Å². The lowest BCUT2D eigenvalue weighted by molar-refractivity contribution is 0.0712. The van der Waals surface area contributed by atoms with Crippen LogP contribution in [0.2, 0.25) is 0 Å². The molecule has 22 heavy (non-hydrogen) atoms. The Labute approximate surface area is 134 Å². The number of hydrogen-bond donors (Lipinski definition) is 0. The fourth-order valence-corrected chi connectivity index (χ4v) is 3.85. The van der Waals surface area contributed by atoms with E-state index in [0.717, 1.165) is 31.8 Å². The van der Waals surface area contributed by atoms with Gasteiger partial charge in [0.1, 0.15) is 5.82 Å². The van der Waals surface area contributed by atoms with Crippen LogP contribution in [0, 0.1) is 0 Å². The molecule has 2 fully saturated rings. The zero-order valence-electron chi connectivity index (χ0n) is 12.4. The highest BCUT2D eigenvalue weighted by molar-refractivity contribution is 7.07. The van der Waals surface area contributed by atoms with Crippen LogP contribution in [0.25, 0.3) is 0 Å². The molecule has 0 N–H and O–H groups in total. The van der Waals surface area contributed by atoms with Gasteiger partial charge in [-0.05, 0) is 54.0 Å². The standard InChI is InChI=1S/C17H19N3OS/c21-17(15-9-18-16(19-10-15)13-1-2-13)20-6-3-12(4-7-20)14-5-8-22-11-14/h5,8-13H,1-4,6-7H2. The van der Waals surface area contributed by atoms with Crippen molar-refractivity contribution in [1.82, 2.24) is 14.9 Å². The van der Waals surface area contributed by atoms with Crippen molar-refractivity contribution in [3.63, 3.8) is 0 Å². The molecule has 0 bridgehead atoms. The largest absolute Gasteiger partial charge is 0.339 e. The second kappa shape index (κ2) is 5.80. The van der Waals surface area contributed by atoms with Gasteiger partial charge in [0, 0.05) is 31.4 Å². The molecule has 1 aliphatic carbocycles. The van der Waals surface area contributed by atoms with Gasteiger partial charge in [-0.15, -0.1) is 0 Å². The first-order chi connectivity index (χ1) is 10.8. The Kier molecular flexibility index (Phi) is 3.66. The van der Waals surface area contributed by atoms with Crippen LogP contribution < -0.4 is 0 Å². The lowest BCUT2D eigenvalue weighted by Crippen LogP contribution is -2.38.